The van der Waals surface area contributed by atoms with Crippen LogP contribution >= 0.6 is 0 Å². The van der Waals surface area contributed by atoms with Gasteiger partial charge in [-0.25, -0.2) is 0 Å². The van der Waals surface area contributed by atoms with Gasteiger partial charge in [-0.3, -0.25) is 9.68 Å². The van der Waals surface area contributed by atoms with Crippen LogP contribution in [0.5, 0.6) is 0 Å². The third-order valence-corrected chi connectivity index (χ3v) is 2.56. The molecule has 0 radical (unpaired) electrons. The highest BCUT2D eigenvalue weighted by Crippen LogP contribution is 1.91. The molecular weight excluding hydrogens is 176 g/mol. The van der Waals surface area contributed by atoms with Crippen LogP contribution < -0.4 is 4.98 Å². The van der Waals surface area contributed by atoms with E-state index in [-0.39, 0.29) is 0 Å². The van der Waals surface area contributed by atoms with Crippen molar-refractivity contribution in [2.45, 2.75) is 13.0 Å². The summed E-state index contributed by atoms with van der Waals surface area (Å²) >= 11 is 0. The van der Waals surface area contributed by atoms with Gasteiger partial charge in [0.15, 0.2) is 0 Å². The van der Waals surface area contributed by atoms with Crippen LogP contribution in [-0.2, 0) is 14.1 Å². The maximum atomic E-state index is 4.99. The zero-order chi connectivity index (χ0) is 9.40. The summed E-state index contributed by atoms with van der Waals surface area (Å²) in [6.07, 6.45) is 0. The standard InChI is InChI=1S/C6H18N2O3Si/c1-6(7-12-11-4)5-8(9-2)10-3/h6-7H,5,12H2,1-4H3. The van der Waals surface area contributed by atoms with E-state index in [1.807, 2.05) is 0 Å². The number of rotatable bonds is 7. The molecule has 0 spiro atoms. The molecular formula is C6H18N2O3Si. The quantitative estimate of drug-likeness (QED) is 0.417. The van der Waals surface area contributed by atoms with Crippen LogP contribution in [0.3, 0.4) is 0 Å². The molecule has 0 aromatic heterocycles. The van der Waals surface area contributed by atoms with Gasteiger partial charge in [-0.1, -0.05) is 5.23 Å². The second kappa shape index (κ2) is 7.65. The molecule has 0 heterocycles. The van der Waals surface area contributed by atoms with Crippen molar-refractivity contribution in [3.8, 4) is 0 Å². The minimum absolute atomic E-state index is 0.316. The summed E-state index contributed by atoms with van der Waals surface area (Å²) in [4.78, 5) is 13.0. The highest BCUT2D eigenvalue weighted by atomic mass is 28.2. The van der Waals surface area contributed by atoms with Crippen molar-refractivity contribution in [1.82, 2.24) is 10.2 Å². The molecule has 0 rings (SSSR count). The first kappa shape index (κ1) is 12.0. The van der Waals surface area contributed by atoms with Gasteiger partial charge in [-0.05, 0) is 6.92 Å². The van der Waals surface area contributed by atoms with Gasteiger partial charge in [0, 0.05) is 13.2 Å². The molecule has 0 saturated carbocycles. The van der Waals surface area contributed by atoms with E-state index in [0.29, 0.717) is 12.6 Å². The minimum atomic E-state index is -0.572. The van der Waals surface area contributed by atoms with E-state index in [4.69, 9.17) is 14.1 Å². The van der Waals surface area contributed by atoms with Gasteiger partial charge in [0.2, 0.25) is 9.92 Å². The molecule has 0 aliphatic heterocycles. The Balaban J connectivity index is 3.44. The fourth-order valence-electron chi connectivity index (χ4n) is 0.737. The Kier molecular flexibility index (Phi) is 7.67. The number of hydrogen-bond donors (Lipinski definition) is 1. The average molecular weight is 194 g/mol. The summed E-state index contributed by atoms with van der Waals surface area (Å²) in [5.41, 5.74) is 0. The highest BCUT2D eigenvalue weighted by molar-refractivity contribution is 6.23. The van der Waals surface area contributed by atoms with E-state index < -0.39 is 9.92 Å². The Hall–Kier alpha value is 0.0169. The van der Waals surface area contributed by atoms with Crippen molar-refractivity contribution in [3.63, 3.8) is 0 Å². The smallest absolute Gasteiger partial charge is 0.235 e. The van der Waals surface area contributed by atoms with Crippen LogP contribution in [0.25, 0.3) is 0 Å². The van der Waals surface area contributed by atoms with Crippen LogP contribution in [0.1, 0.15) is 6.92 Å². The van der Waals surface area contributed by atoms with Crippen LogP contribution in [0.4, 0.5) is 0 Å². The Labute approximate surface area is 75.9 Å². The molecule has 1 unspecified atom stereocenters. The molecule has 5 nitrogen and oxygen atoms in total. The summed E-state index contributed by atoms with van der Waals surface area (Å²) in [5, 5.41) is 1.42. The first-order chi connectivity index (χ1) is 5.74. The summed E-state index contributed by atoms with van der Waals surface area (Å²) < 4.78 is 4.99. The number of hydroxylamine groups is 2. The molecule has 0 aliphatic rings. The first-order valence-corrected chi connectivity index (χ1v) is 5.11. The molecule has 6 heteroatoms. The van der Waals surface area contributed by atoms with Gasteiger partial charge in [-0.2, -0.15) is 0 Å². The van der Waals surface area contributed by atoms with E-state index in [9.17, 15) is 0 Å². The van der Waals surface area contributed by atoms with E-state index in [1.54, 1.807) is 21.3 Å². The molecule has 0 amide bonds. The minimum Gasteiger partial charge on any atom is -0.412 e. The van der Waals surface area contributed by atoms with Gasteiger partial charge in [0.05, 0.1) is 20.8 Å². The van der Waals surface area contributed by atoms with Crippen molar-refractivity contribution in [3.05, 3.63) is 0 Å². The molecule has 12 heavy (non-hydrogen) atoms. The van der Waals surface area contributed by atoms with Crippen LogP contribution in [0.2, 0.25) is 0 Å². The van der Waals surface area contributed by atoms with Gasteiger partial charge >= 0.3 is 0 Å². The maximum Gasteiger partial charge on any atom is 0.235 e. The lowest BCUT2D eigenvalue weighted by Gasteiger charge is -2.20. The fraction of sp³-hybridized carbons (Fsp3) is 1.00. The van der Waals surface area contributed by atoms with Crippen molar-refractivity contribution in [2.75, 3.05) is 27.9 Å². The second-order valence-corrected chi connectivity index (χ2v) is 3.69. The Morgan fingerprint density at radius 2 is 1.92 bits per heavy atom. The molecule has 0 bridgehead atoms. The molecule has 0 aromatic rings. The zero-order valence-corrected chi connectivity index (χ0v) is 9.58. The Morgan fingerprint density at radius 1 is 1.33 bits per heavy atom. The number of nitrogens with zero attached hydrogens (tertiary/aromatic N) is 1. The van der Waals surface area contributed by atoms with Crippen molar-refractivity contribution in [1.29, 1.82) is 0 Å². The molecule has 1 atom stereocenters. The Bertz CT molecular complexity index is 103. The lowest BCUT2D eigenvalue weighted by Crippen LogP contribution is -2.40. The van der Waals surface area contributed by atoms with E-state index in [1.165, 1.54) is 5.23 Å². The maximum absolute atomic E-state index is 4.99. The monoisotopic (exact) mass is 194 g/mol. The molecule has 0 saturated heterocycles. The summed E-state index contributed by atoms with van der Waals surface area (Å²) in [7, 11) is 4.28. The SMILES string of the molecule is CO[SiH2]NC(C)CN(OC)OC. The van der Waals surface area contributed by atoms with E-state index in [0.717, 1.165) is 0 Å². The second-order valence-electron chi connectivity index (χ2n) is 2.42. The van der Waals surface area contributed by atoms with Crippen molar-refractivity contribution >= 4 is 9.92 Å². The number of nitrogens with one attached hydrogen (secondary N) is 1. The number of hydrogen-bond acceptors (Lipinski definition) is 5. The summed E-state index contributed by atoms with van der Waals surface area (Å²) in [5.74, 6) is 0. The van der Waals surface area contributed by atoms with E-state index >= 15 is 0 Å². The largest absolute Gasteiger partial charge is 0.412 e. The lowest BCUT2D eigenvalue weighted by molar-refractivity contribution is -0.343. The molecule has 0 aromatic carbocycles. The van der Waals surface area contributed by atoms with Gasteiger partial charge < -0.3 is 9.41 Å². The highest BCUT2D eigenvalue weighted by Gasteiger charge is 2.07. The first-order valence-electron chi connectivity index (χ1n) is 3.82. The molecule has 0 fully saturated rings. The molecule has 0 aliphatic carbocycles. The predicted octanol–water partition coefficient (Wildman–Crippen LogP) is -0.965. The topological polar surface area (TPSA) is 43.0 Å². The van der Waals surface area contributed by atoms with Crippen molar-refractivity contribution in [2.24, 2.45) is 0 Å². The molecule has 1 N–H and O–H groups in total. The summed E-state index contributed by atoms with van der Waals surface area (Å²) in [6, 6.07) is 0.316. The van der Waals surface area contributed by atoms with Crippen molar-refractivity contribution < 1.29 is 14.1 Å². The van der Waals surface area contributed by atoms with Gasteiger partial charge in [0.25, 0.3) is 0 Å². The van der Waals surface area contributed by atoms with E-state index in [2.05, 4.69) is 11.9 Å². The molecule has 74 valence electrons. The zero-order valence-electron chi connectivity index (χ0n) is 8.16. The Morgan fingerprint density at radius 3 is 2.33 bits per heavy atom. The normalized spacial score (nSPS) is 14.8. The average Bonchev–Trinajstić information content (AvgIpc) is 2.10. The van der Waals surface area contributed by atoms with Crippen LogP contribution in [-0.4, -0.2) is 49.1 Å². The van der Waals surface area contributed by atoms with Gasteiger partial charge in [0.1, 0.15) is 0 Å². The summed E-state index contributed by atoms with van der Waals surface area (Å²) in [6.45, 7) is 2.74. The third kappa shape index (κ3) is 5.64. The third-order valence-electron chi connectivity index (χ3n) is 1.41. The fourth-order valence-corrected chi connectivity index (χ4v) is 1.32. The lowest BCUT2D eigenvalue weighted by atomic mass is 10.4. The van der Waals surface area contributed by atoms with Gasteiger partial charge in [-0.15, -0.1) is 0 Å². The predicted molar refractivity (Wildman–Crippen MR) is 48.9 cm³/mol. The van der Waals surface area contributed by atoms with Crippen LogP contribution in [0.15, 0.2) is 0 Å². The van der Waals surface area contributed by atoms with Crippen LogP contribution in [0, 0.1) is 0 Å².